The van der Waals surface area contributed by atoms with Gasteiger partial charge in [0.2, 0.25) is 11.8 Å². The molecule has 0 saturated carbocycles. The molecule has 4 atom stereocenters. The molecule has 4 aliphatic heterocycles. The third kappa shape index (κ3) is 4.12. The zero-order valence-electron chi connectivity index (χ0n) is 19.7. The van der Waals surface area contributed by atoms with Crippen molar-refractivity contribution in [2.75, 3.05) is 13.1 Å². The third-order valence-electron chi connectivity index (χ3n) is 6.48. The van der Waals surface area contributed by atoms with Gasteiger partial charge >= 0.3 is 22.5 Å². The van der Waals surface area contributed by atoms with E-state index in [4.69, 9.17) is 20.0 Å². The number of fused-ring (bicyclic) bond motifs is 4. The van der Waals surface area contributed by atoms with Gasteiger partial charge in [-0.05, 0) is 23.0 Å². The summed E-state index contributed by atoms with van der Waals surface area (Å²) in [7, 11) is -4.98. The van der Waals surface area contributed by atoms with Crippen LogP contribution >= 0.6 is 0 Å². The van der Waals surface area contributed by atoms with Crippen molar-refractivity contribution in [2.24, 2.45) is 23.3 Å². The van der Waals surface area contributed by atoms with Crippen LogP contribution in [0.5, 0.6) is 0 Å². The number of hydrogen-bond donors (Lipinski definition) is 2. The van der Waals surface area contributed by atoms with Crippen LogP contribution in [-0.2, 0) is 28.6 Å². The van der Waals surface area contributed by atoms with Gasteiger partial charge in [0.15, 0.2) is 0 Å². The van der Waals surface area contributed by atoms with E-state index in [0.717, 1.165) is 9.80 Å². The molecule has 0 aromatic heterocycles. The van der Waals surface area contributed by atoms with Gasteiger partial charge < -0.3 is 21.3 Å². The average molecular weight is 513 g/mol. The highest BCUT2D eigenvalue weighted by Gasteiger charge is 2.52. The Hall–Kier alpha value is -3.17. The molecule has 192 valence electrons. The maximum absolute atomic E-state index is 12.9. The fourth-order valence-corrected chi connectivity index (χ4v) is 5.71. The van der Waals surface area contributed by atoms with Crippen LogP contribution in [-0.4, -0.2) is 89.5 Å². The molecule has 4 heterocycles. The molecule has 0 spiro atoms. The number of hydrogen-bond acceptors (Lipinski definition) is 8. The predicted molar refractivity (Wildman–Crippen MR) is 118 cm³/mol. The van der Waals surface area contributed by atoms with E-state index in [0.29, 0.717) is 21.3 Å². The Kier molecular flexibility index (Phi) is 6.05. The third-order valence-corrected chi connectivity index (χ3v) is 7.16. The normalized spacial score (nSPS) is 28.3. The lowest BCUT2D eigenvalue weighted by atomic mass is 9.90. The van der Waals surface area contributed by atoms with Crippen molar-refractivity contribution in [3.8, 4) is 0 Å². The summed E-state index contributed by atoms with van der Waals surface area (Å²) in [4.78, 5) is 52.1. The molecule has 4 aliphatic rings. The molecule has 2 fully saturated rings. The maximum atomic E-state index is 12.9. The average Bonchev–Trinajstić information content (AvgIpc) is 3.12. The first-order valence-corrected chi connectivity index (χ1v) is 12.4. The minimum atomic E-state index is -4.98. The molecule has 4 bridgehead atoms. The first-order chi connectivity index (χ1) is 16.2. The predicted octanol–water partition coefficient (Wildman–Crippen LogP) is -0.793. The molecule has 0 aromatic rings. The molecule has 0 aromatic carbocycles. The molecule has 4 unspecified atom stereocenters. The van der Waals surface area contributed by atoms with Crippen LogP contribution < -0.4 is 11.5 Å². The second-order valence-corrected chi connectivity index (χ2v) is 10.6. The Morgan fingerprint density at radius 3 is 1.46 bits per heavy atom. The minimum Gasteiger partial charge on any atom is -0.368 e. The summed E-state index contributed by atoms with van der Waals surface area (Å²) in [5.41, 5.74) is 12.1. The Labute approximate surface area is 202 Å². The zero-order valence-corrected chi connectivity index (χ0v) is 20.5. The highest BCUT2D eigenvalue weighted by Crippen LogP contribution is 2.36. The molecule has 6 amide bonds. The number of urea groups is 2. The smallest absolute Gasteiger partial charge is 0.368 e. The van der Waals surface area contributed by atoms with Crippen LogP contribution in [0.25, 0.3) is 0 Å². The molecule has 15 heteroatoms. The van der Waals surface area contributed by atoms with Crippen molar-refractivity contribution in [1.82, 2.24) is 19.9 Å². The van der Waals surface area contributed by atoms with Gasteiger partial charge in [0, 0.05) is 0 Å². The highest BCUT2D eigenvalue weighted by molar-refractivity contribution is 7.81. The number of carbonyl (C=O) groups is 4. The number of nitrogens with zero attached hydrogens (tertiary/aromatic N) is 4. The highest BCUT2D eigenvalue weighted by atomic mass is 32.3. The van der Waals surface area contributed by atoms with Gasteiger partial charge in [0.05, 0.1) is 25.2 Å². The van der Waals surface area contributed by atoms with E-state index in [1.807, 2.05) is 27.7 Å². The van der Waals surface area contributed by atoms with Crippen molar-refractivity contribution in [3.05, 3.63) is 23.3 Å². The van der Waals surface area contributed by atoms with Crippen molar-refractivity contribution in [2.45, 2.75) is 51.9 Å². The van der Waals surface area contributed by atoms with Gasteiger partial charge in [-0.1, -0.05) is 39.8 Å². The molecule has 14 nitrogen and oxygen atoms in total. The number of amides is 6. The van der Waals surface area contributed by atoms with E-state index in [9.17, 15) is 27.6 Å². The van der Waals surface area contributed by atoms with E-state index < -0.39 is 58.4 Å². The lowest BCUT2D eigenvalue weighted by Crippen LogP contribution is -2.49. The lowest BCUT2D eigenvalue weighted by molar-refractivity contribution is -0.122. The Morgan fingerprint density at radius 2 is 1.17 bits per heavy atom. The molecule has 4 N–H and O–H groups in total. The van der Waals surface area contributed by atoms with Crippen molar-refractivity contribution < 1.29 is 36.2 Å². The summed E-state index contributed by atoms with van der Waals surface area (Å²) >= 11 is 0. The Balaban J connectivity index is 1.56. The number of rotatable bonds is 8. The van der Waals surface area contributed by atoms with Crippen LogP contribution in [0.1, 0.15) is 27.7 Å². The molecule has 4 rings (SSSR count). The van der Waals surface area contributed by atoms with Crippen LogP contribution in [0.15, 0.2) is 23.3 Å². The van der Waals surface area contributed by atoms with Crippen molar-refractivity contribution in [1.29, 1.82) is 0 Å². The summed E-state index contributed by atoms with van der Waals surface area (Å²) in [6.45, 7) is 7.22. The second-order valence-electron chi connectivity index (χ2n) is 9.47. The van der Waals surface area contributed by atoms with Gasteiger partial charge in [0.25, 0.3) is 0 Å². The van der Waals surface area contributed by atoms with Crippen molar-refractivity contribution >= 4 is 34.3 Å². The summed E-state index contributed by atoms with van der Waals surface area (Å²) in [6, 6.07) is -5.48. The minimum absolute atomic E-state index is 0.0159. The largest absolute Gasteiger partial charge is 0.442 e. The van der Waals surface area contributed by atoms with Gasteiger partial charge in [0.1, 0.15) is 12.1 Å². The molecular weight excluding hydrogens is 484 g/mol. The van der Waals surface area contributed by atoms with Crippen LogP contribution in [0, 0.1) is 11.8 Å². The molecule has 2 saturated heterocycles. The summed E-state index contributed by atoms with van der Waals surface area (Å²) < 4.78 is 35.5. The van der Waals surface area contributed by atoms with E-state index in [-0.39, 0.29) is 24.9 Å². The molecule has 35 heavy (non-hydrogen) atoms. The van der Waals surface area contributed by atoms with Crippen LogP contribution in [0.3, 0.4) is 0 Å². The topological polar surface area (TPSA) is 186 Å². The van der Waals surface area contributed by atoms with E-state index >= 15 is 0 Å². The van der Waals surface area contributed by atoms with Crippen molar-refractivity contribution in [3.63, 3.8) is 0 Å². The zero-order chi connectivity index (χ0) is 26.0. The van der Waals surface area contributed by atoms with Gasteiger partial charge in [-0.15, -0.1) is 8.57 Å². The quantitative estimate of drug-likeness (QED) is 0.396. The number of nitrogens with two attached hydrogens (primary N) is 2. The van der Waals surface area contributed by atoms with E-state index in [1.54, 1.807) is 12.2 Å². The lowest BCUT2D eigenvalue weighted by Gasteiger charge is -2.31. The van der Waals surface area contributed by atoms with Gasteiger partial charge in [-0.3, -0.25) is 9.59 Å². The molecule has 0 aliphatic carbocycles. The Bertz CT molecular complexity index is 1070. The fraction of sp³-hybridized carbons (Fsp3) is 0.600. The van der Waals surface area contributed by atoms with Gasteiger partial charge in [-0.25, -0.2) is 9.59 Å². The molecule has 0 radical (unpaired) electrons. The number of hydroxylamine groups is 4. The van der Waals surface area contributed by atoms with Gasteiger partial charge in [-0.2, -0.15) is 18.5 Å². The second kappa shape index (κ2) is 8.49. The summed E-state index contributed by atoms with van der Waals surface area (Å²) in [5, 5.41) is 1.16. The number of carbonyl (C=O) groups excluding carboxylic acids is 4. The van der Waals surface area contributed by atoms with Crippen LogP contribution in [0.4, 0.5) is 9.59 Å². The monoisotopic (exact) mass is 512 g/mol. The first kappa shape index (κ1) is 24.9. The Morgan fingerprint density at radius 1 is 0.829 bits per heavy atom. The van der Waals surface area contributed by atoms with E-state index in [2.05, 4.69) is 0 Å². The maximum Gasteiger partial charge on any atom is 0.442 e. The van der Waals surface area contributed by atoms with Crippen LogP contribution in [0.2, 0.25) is 0 Å². The molecular formula is C20H28N6O8S. The first-order valence-electron chi connectivity index (χ1n) is 11.1. The SMILES string of the molecule is CC(C)C1=CC2CN(C(=O)N2OS(=O)(=O)ON2C(=O)N3CC2C=C(C(C)C)C3C(N)=O)C1C(N)=O. The fourth-order valence-electron chi connectivity index (χ4n) is 4.94. The standard InChI is InChI=1S/C20H28N6O8S/c1-9(2)13-5-11-7-23(15(13)17(21)27)19(29)25(11)33-35(31,32)34-26-12-6-14(10(3)4)16(18(22)28)24(8-12)20(26)30/h5-6,9-12,15-16H,7-8H2,1-4H3,(H2,21,27)(H2,22,28). The summed E-state index contributed by atoms with van der Waals surface area (Å²) in [5.74, 6) is -1.79. The van der Waals surface area contributed by atoms with E-state index in [1.165, 1.54) is 0 Å². The number of primary amides is 2. The summed E-state index contributed by atoms with van der Waals surface area (Å²) in [6.07, 6.45) is 3.15.